The number of para-hydroxylation sites is 1. The monoisotopic (exact) mass is 226 g/mol. The van der Waals surface area contributed by atoms with E-state index in [4.69, 9.17) is 4.74 Å². The van der Waals surface area contributed by atoms with Crippen LogP contribution in [0.4, 0.5) is 10.1 Å². The van der Waals surface area contributed by atoms with E-state index in [0.717, 1.165) is 26.1 Å². The van der Waals surface area contributed by atoms with Gasteiger partial charge >= 0.3 is 0 Å². The fraction of sp³-hybridized carbons (Fsp3) is 0.500. The average molecular weight is 226 g/mol. The molecule has 0 aliphatic heterocycles. The highest BCUT2D eigenvalue weighted by Gasteiger charge is 1.97. The van der Waals surface area contributed by atoms with E-state index in [-0.39, 0.29) is 5.82 Å². The third-order valence-electron chi connectivity index (χ3n) is 2.19. The van der Waals surface area contributed by atoms with Crippen molar-refractivity contribution in [3.05, 3.63) is 30.1 Å². The van der Waals surface area contributed by atoms with Gasteiger partial charge < -0.3 is 15.4 Å². The van der Waals surface area contributed by atoms with E-state index in [9.17, 15) is 4.39 Å². The first-order valence-electron chi connectivity index (χ1n) is 5.52. The zero-order chi connectivity index (χ0) is 11.6. The van der Waals surface area contributed by atoms with Crippen molar-refractivity contribution in [1.82, 2.24) is 5.32 Å². The number of nitrogens with one attached hydrogen (secondary N) is 2. The lowest BCUT2D eigenvalue weighted by atomic mass is 10.3. The number of ether oxygens (including phenoxy) is 1. The molecule has 0 aliphatic carbocycles. The second-order valence-corrected chi connectivity index (χ2v) is 3.50. The molecule has 0 amide bonds. The number of benzene rings is 1. The van der Waals surface area contributed by atoms with Crippen molar-refractivity contribution >= 4 is 5.69 Å². The average Bonchev–Trinajstić information content (AvgIpc) is 2.30. The Kier molecular flexibility index (Phi) is 6.53. The van der Waals surface area contributed by atoms with Gasteiger partial charge in [-0.05, 0) is 25.1 Å². The van der Waals surface area contributed by atoms with Gasteiger partial charge in [-0.3, -0.25) is 0 Å². The van der Waals surface area contributed by atoms with Gasteiger partial charge in [0.25, 0.3) is 0 Å². The Labute approximate surface area is 96.0 Å². The molecule has 2 N–H and O–H groups in total. The van der Waals surface area contributed by atoms with Crippen molar-refractivity contribution < 1.29 is 9.13 Å². The van der Waals surface area contributed by atoms with Gasteiger partial charge in [0.2, 0.25) is 0 Å². The van der Waals surface area contributed by atoms with E-state index >= 15 is 0 Å². The lowest BCUT2D eigenvalue weighted by Gasteiger charge is -2.08. The van der Waals surface area contributed by atoms with Gasteiger partial charge in [-0.15, -0.1) is 0 Å². The summed E-state index contributed by atoms with van der Waals surface area (Å²) in [6.07, 6.45) is 0.996. The first-order chi connectivity index (χ1) is 7.84. The molecule has 0 atom stereocenters. The molecule has 0 saturated carbocycles. The Bertz CT molecular complexity index is 294. The maximum absolute atomic E-state index is 13.2. The minimum Gasteiger partial charge on any atom is -0.385 e. The highest BCUT2D eigenvalue weighted by Crippen LogP contribution is 2.11. The van der Waals surface area contributed by atoms with Crippen molar-refractivity contribution in [3.63, 3.8) is 0 Å². The Balaban J connectivity index is 2.05. The molecule has 0 unspecified atom stereocenters. The maximum Gasteiger partial charge on any atom is 0.146 e. The van der Waals surface area contributed by atoms with E-state index < -0.39 is 0 Å². The zero-order valence-electron chi connectivity index (χ0n) is 9.63. The predicted molar refractivity (Wildman–Crippen MR) is 64.3 cm³/mol. The summed E-state index contributed by atoms with van der Waals surface area (Å²) in [5, 5.41) is 6.28. The highest BCUT2D eigenvalue weighted by atomic mass is 19.1. The van der Waals surface area contributed by atoms with Gasteiger partial charge in [-0.25, -0.2) is 4.39 Å². The van der Waals surface area contributed by atoms with Crippen LogP contribution in [0.2, 0.25) is 0 Å². The van der Waals surface area contributed by atoms with Crippen molar-refractivity contribution in [3.8, 4) is 0 Å². The fourth-order valence-corrected chi connectivity index (χ4v) is 1.36. The van der Waals surface area contributed by atoms with Crippen LogP contribution in [0.15, 0.2) is 24.3 Å². The molecular weight excluding hydrogens is 207 g/mol. The zero-order valence-corrected chi connectivity index (χ0v) is 9.63. The van der Waals surface area contributed by atoms with Gasteiger partial charge in [-0.2, -0.15) is 0 Å². The number of rotatable bonds is 8. The molecule has 0 aliphatic rings. The van der Waals surface area contributed by atoms with Crippen LogP contribution in [0, 0.1) is 5.82 Å². The number of methoxy groups -OCH3 is 1. The van der Waals surface area contributed by atoms with Crippen molar-refractivity contribution in [1.29, 1.82) is 0 Å². The summed E-state index contributed by atoms with van der Waals surface area (Å²) in [5.41, 5.74) is 0.557. The maximum atomic E-state index is 13.2. The molecule has 0 saturated heterocycles. The Morgan fingerprint density at radius 3 is 2.75 bits per heavy atom. The standard InChI is InChI=1S/C12H19FN2O/c1-16-10-4-7-14-8-9-15-12-6-3-2-5-11(12)13/h2-3,5-6,14-15H,4,7-10H2,1H3. The molecule has 3 nitrogen and oxygen atoms in total. The summed E-state index contributed by atoms with van der Waals surface area (Å²) in [6, 6.07) is 6.69. The highest BCUT2D eigenvalue weighted by molar-refractivity contribution is 5.44. The van der Waals surface area contributed by atoms with Gasteiger partial charge in [-0.1, -0.05) is 12.1 Å². The van der Waals surface area contributed by atoms with Crippen molar-refractivity contribution in [2.75, 3.05) is 38.7 Å². The minimum absolute atomic E-state index is 0.207. The first kappa shape index (κ1) is 12.9. The number of hydrogen-bond acceptors (Lipinski definition) is 3. The molecule has 0 radical (unpaired) electrons. The van der Waals surface area contributed by atoms with Crippen LogP contribution >= 0.6 is 0 Å². The number of hydrogen-bond donors (Lipinski definition) is 2. The smallest absolute Gasteiger partial charge is 0.146 e. The summed E-state index contributed by atoms with van der Waals surface area (Å²) in [5.74, 6) is -0.207. The second kappa shape index (κ2) is 8.07. The van der Waals surface area contributed by atoms with Crippen LogP contribution in [-0.4, -0.2) is 33.4 Å². The van der Waals surface area contributed by atoms with Gasteiger partial charge in [0, 0.05) is 26.8 Å². The Morgan fingerprint density at radius 1 is 1.19 bits per heavy atom. The van der Waals surface area contributed by atoms with E-state index in [1.807, 2.05) is 6.07 Å². The summed E-state index contributed by atoms with van der Waals surface area (Å²) in [6.45, 7) is 3.23. The molecule has 0 fully saturated rings. The molecule has 1 aromatic carbocycles. The minimum atomic E-state index is -0.207. The van der Waals surface area contributed by atoms with Crippen LogP contribution < -0.4 is 10.6 Å². The van der Waals surface area contributed by atoms with Gasteiger partial charge in [0.05, 0.1) is 5.69 Å². The summed E-state index contributed by atoms with van der Waals surface area (Å²) >= 11 is 0. The molecule has 0 bridgehead atoms. The molecule has 90 valence electrons. The first-order valence-corrected chi connectivity index (χ1v) is 5.52. The lowest BCUT2D eigenvalue weighted by molar-refractivity contribution is 0.194. The molecule has 1 rings (SSSR count). The number of halogens is 1. The molecule has 16 heavy (non-hydrogen) atoms. The van der Waals surface area contributed by atoms with E-state index in [1.54, 1.807) is 19.2 Å². The Hall–Kier alpha value is -1.13. The lowest BCUT2D eigenvalue weighted by Crippen LogP contribution is -2.24. The largest absolute Gasteiger partial charge is 0.385 e. The predicted octanol–water partition coefficient (Wildman–Crippen LogP) is 1.86. The van der Waals surface area contributed by atoms with Crippen LogP contribution in [0.1, 0.15) is 6.42 Å². The second-order valence-electron chi connectivity index (χ2n) is 3.50. The fourth-order valence-electron chi connectivity index (χ4n) is 1.36. The normalized spacial score (nSPS) is 10.4. The van der Waals surface area contributed by atoms with Gasteiger partial charge in [0.15, 0.2) is 0 Å². The number of anilines is 1. The molecular formula is C12H19FN2O. The van der Waals surface area contributed by atoms with Crippen LogP contribution in [-0.2, 0) is 4.74 Å². The summed E-state index contributed by atoms with van der Waals surface area (Å²) in [7, 11) is 1.69. The summed E-state index contributed by atoms with van der Waals surface area (Å²) in [4.78, 5) is 0. The molecule has 4 heteroatoms. The van der Waals surface area contributed by atoms with Crippen LogP contribution in [0.3, 0.4) is 0 Å². The molecule has 1 aromatic rings. The van der Waals surface area contributed by atoms with E-state index in [0.29, 0.717) is 12.2 Å². The van der Waals surface area contributed by atoms with Crippen LogP contribution in [0.5, 0.6) is 0 Å². The molecule has 0 spiro atoms. The van der Waals surface area contributed by atoms with E-state index in [1.165, 1.54) is 6.07 Å². The SMILES string of the molecule is COCCCNCCNc1ccccc1F. The molecule has 0 heterocycles. The van der Waals surface area contributed by atoms with Gasteiger partial charge in [0.1, 0.15) is 5.82 Å². The summed E-state index contributed by atoms with van der Waals surface area (Å²) < 4.78 is 18.1. The van der Waals surface area contributed by atoms with E-state index in [2.05, 4.69) is 10.6 Å². The van der Waals surface area contributed by atoms with Crippen molar-refractivity contribution in [2.24, 2.45) is 0 Å². The quantitative estimate of drug-likeness (QED) is 0.664. The topological polar surface area (TPSA) is 33.3 Å². The van der Waals surface area contributed by atoms with Crippen molar-refractivity contribution in [2.45, 2.75) is 6.42 Å². The third kappa shape index (κ3) is 5.09. The molecule has 0 aromatic heterocycles. The third-order valence-corrected chi connectivity index (χ3v) is 2.19. The van der Waals surface area contributed by atoms with Crippen LogP contribution in [0.25, 0.3) is 0 Å². The Morgan fingerprint density at radius 2 is 2.00 bits per heavy atom.